The van der Waals surface area contributed by atoms with Crippen LogP contribution in [0.2, 0.25) is 0 Å². The smallest absolute Gasteiger partial charge is 0.333 e. The molecule has 0 atom stereocenters. The minimum Gasteiger partial charge on any atom is -0.376 e. The average molecular weight is 803 g/mol. The minimum atomic E-state index is -0.0257. The van der Waals surface area contributed by atoms with Crippen molar-refractivity contribution in [2.45, 2.75) is 130 Å². The van der Waals surface area contributed by atoms with Gasteiger partial charge in [-0.2, -0.15) is 0 Å². The minimum absolute atomic E-state index is 0.00649. The quantitative estimate of drug-likeness (QED) is 0.150. The highest BCUT2D eigenvalue weighted by Crippen LogP contribution is 2.55. The Morgan fingerprint density at radius 3 is 1.82 bits per heavy atom. The molecular weight excluding hydrogens is 744 g/mol. The van der Waals surface area contributed by atoms with Crippen molar-refractivity contribution in [1.82, 2.24) is 4.57 Å². The molecule has 0 radical (unpaired) electrons. The molecule has 8 aromatic rings. The van der Waals surface area contributed by atoms with E-state index in [-0.39, 0.29) is 33.9 Å². The number of hydrogen-bond acceptors (Lipinski definition) is 2. The number of anilines is 2. The Kier molecular flexibility index (Phi) is 7.61. The first-order valence-corrected chi connectivity index (χ1v) is 23.2. The van der Waals surface area contributed by atoms with Crippen molar-refractivity contribution in [3.05, 3.63) is 125 Å². The van der Waals surface area contributed by atoms with Crippen LogP contribution < -0.4 is 15.7 Å². The van der Waals surface area contributed by atoms with Gasteiger partial charge in [-0.05, 0) is 127 Å². The molecular formula is C56H59BN2S. The Morgan fingerprint density at radius 1 is 0.583 bits per heavy atom. The lowest BCUT2D eigenvalue weighted by atomic mass is 9.43. The zero-order chi connectivity index (χ0) is 42.2. The molecule has 60 heavy (non-hydrogen) atoms. The van der Waals surface area contributed by atoms with Crippen molar-refractivity contribution in [2.24, 2.45) is 0 Å². The first kappa shape index (κ1) is 38.2. The first-order chi connectivity index (χ1) is 28.1. The highest BCUT2D eigenvalue weighted by Gasteiger charge is 2.47. The van der Waals surface area contributed by atoms with E-state index in [1.54, 1.807) is 0 Å². The molecule has 0 N–H and O–H groups in total. The fraction of sp³-hybridized carbons (Fsp3) is 0.357. The maximum atomic E-state index is 2.73. The van der Waals surface area contributed by atoms with Crippen LogP contribution in [0.15, 0.2) is 97.1 Å². The summed E-state index contributed by atoms with van der Waals surface area (Å²) in [6, 6.07) is 38.9. The van der Waals surface area contributed by atoms with Crippen molar-refractivity contribution in [3.8, 4) is 16.8 Å². The predicted molar refractivity (Wildman–Crippen MR) is 264 cm³/mol. The van der Waals surface area contributed by atoms with Crippen molar-refractivity contribution in [2.75, 3.05) is 4.81 Å². The van der Waals surface area contributed by atoms with Gasteiger partial charge in [0.2, 0.25) is 0 Å². The van der Waals surface area contributed by atoms with Gasteiger partial charge in [0, 0.05) is 59.1 Å². The Hall–Kier alpha value is -4.80. The molecule has 4 heterocycles. The molecule has 0 spiro atoms. The summed E-state index contributed by atoms with van der Waals surface area (Å²) in [4.78, 5) is 2.72. The normalized spacial score (nSPS) is 16.8. The monoisotopic (exact) mass is 802 g/mol. The van der Waals surface area contributed by atoms with Gasteiger partial charge in [-0.25, -0.2) is 0 Å². The van der Waals surface area contributed by atoms with E-state index in [2.05, 4.69) is 196 Å². The van der Waals surface area contributed by atoms with Crippen LogP contribution in [0.25, 0.3) is 58.8 Å². The van der Waals surface area contributed by atoms with Crippen LogP contribution in [0.1, 0.15) is 131 Å². The molecule has 1 aliphatic carbocycles. The largest absolute Gasteiger partial charge is 0.376 e. The van der Waals surface area contributed by atoms with Crippen LogP contribution >= 0.6 is 11.3 Å². The van der Waals surface area contributed by atoms with Crippen LogP contribution in [-0.2, 0) is 27.1 Å². The molecule has 11 rings (SSSR count). The van der Waals surface area contributed by atoms with Crippen LogP contribution in [0.4, 0.5) is 11.4 Å². The number of fused-ring (bicyclic) bond motifs is 14. The second kappa shape index (κ2) is 12.0. The summed E-state index contributed by atoms with van der Waals surface area (Å²) in [5.74, 6) is 0. The molecule has 2 nitrogen and oxygen atoms in total. The van der Waals surface area contributed by atoms with Gasteiger partial charge >= 0.3 is 6.85 Å². The number of nitrogens with zero attached hydrogens (tertiary/aromatic N) is 2. The molecule has 0 unspecified atom stereocenters. The Bertz CT molecular complexity index is 3150. The highest BCUT2D eigenvalue weighted by atomic mass is 32.1. The van der Waals surface area contributed by atoms with E-state index in [0.29, 0.717) is 0 Å². The van der Waals surface area contributed by atoms with Crippen LogP contribution in [0.3, 0.4) is 0 Å². The summed E-state index contributed by atoms with van der Waals surface area (Å²) in [6.45, 7) is 31.0. The summed E-state index contributed by atoms with van der Waals surface area (Å²) < 4.78 is 5.51. The Balaban J connectivity index is 1.40. The standard InChI is InChI=1S/C56H59BN2S/c1-52(2,3)32-18-22-35(23-19-32)59-42-24-20-33(53(4,5)6)28-37(42)48-49-50-46(47-36-16-14-15-17-45(36)60-51(47)48)38-30-39-40(56(12,13)27-26-55(39,10)11)31-44(38)58(50)43-25-21-34(54(7,8)9)29-41(43)57(49)59/h14-25,28-31H,26-27H2,1-13H3. The van der Waals surface area contributed by atoms with Crippen molar-refractivity contribution < 1.29 is 0 Å². The van der Waals surface area contributed by atoms with Gasteiger partial charge in [0.1, 0.15) is 0 Å². The molecule has 0 saturated heterocycles. The van der Waals surface area contributed by atoms with Crippen molar-refractivity contribution in [1.29, 1.82) is 0 Å². The molecule has 2 aliphatic heterocycles. The second-order valence-corrected chi connectivity index (χ2v) is 24.0. The van der Waals surface area contributed by atoms with E-state index in [1.165, 1.54) is 122 Å². The van der Waals surface area contributed by atoms with Gasteiger partial charge in [-0.1, -0.05) is 139 Å². The maximum absolute atomic E-state index is 2.73. The van der Waals surface area contributed by atoms with Gasteiger partial charge in [-0.15, -0.1) is 11.3 Å². The Labute approximate surface area is 361 Å². The van der Waals surface area contributed by atoms with Crippen molar-refractivity contribution >= 4 is 82.5 Å². The summed E-state index contributed by atoms with van der Waals surface area (Å²) in [7, 11) is 0. The number of rotatable bonds is 1. The number of aromatic nitrogens is 1. The highest BCUT2D eigenvalue weighted by molar-refractivity contribution is 7.27. The second-order valence-electron chi connectivity index (χ2n) is 22.9. The zero-order valence-corrected chi connectivity index (χ0v) is 38.8. The van der Waals surface area contributed by atoms with E-state index >= 15 is 0 Å². The lowest BCUT2D eigenvalue weighted by Crippen LogP contribution is -2.60. The molecule has 2 aromatic heterocycles. The van der Waals surface area contributed by atoms with Crippen LogP contribution in [0, 0.1) is 0 Å². The van der Waals surface area contributed by atoms with E-state index in [1.807, 2.05) is 11.3 Å². The third kappa shape index (κ3) is 5.19. The maximum Gasteiger partial charge on any atom is 0.333 e. The summed E-state index contributed by atoms with van der Waals surface area (Å²) >= 11 is 2.00. The summed E-state index contributed by atoms with van der Waals surface area (Å²) in [5, 5.41) is 5.61. The van der Waals surface area contributed by atoms with Gasteiger partial charge in [0.05, 0.1) is 11.0 Å². The Morgan fingerprint density at radius 2 is 1.17 bits per heavy atom. The molecule has 0 saturated carbocycles. The SMILES string of the molecule is CC(C)(C)c1ccc(N2B3c4cc(C(C)(C)C)ccc4-n4c5cc6c(cc5c5c7c(sc8ccccc87)c(c3c54)-c3cc(C(C)(C)C)ccc32)C(C)(C)CCC6(C)C)cc1. The third-order valence-corrected chi connectivity index (χ3v) is 16.1. The fourth-order valence-electron chi connectivity index (χ4n) is 11.2. The zero-order valence-electron chi connectivity index (χ0n) is 38.0. The average Bonchev–Trinajstić information content (AvgIpc) is 3.73. The number of benzene rings is 6. The fourth-order valence-corrected chi connectivity index (χ4v) is 12.5. The van der Waals surface area contributed by atoms with E-state index in [9.17, 15) is 0 Å². The molecule has 302 valence electrons. The number of thiophene rings is 1. The third-order valence-electron chi connectivity index (χ3n) is 14.9. The van der Waals surface area contributed by atoms with Gasteiger partial charge in [0.15, 0.2) is 0 Å². The van der Waals surface area contributed by atoms with Crippen molar-refractivity contribution in [3.63, 3.8) is 0 Å². The molecule has 0 amide bonds. The van der Waals surface area contributed by atoms with E-state index in [0.717, 1.165) is 0 Å². The van der Waals surface area contributed by atoms with Gasteiger partial charge in [0.25, 0.3) is 0 Å². The lowest BCUT2D eigenvalue weighted by molar-refractivity contribution is 0.332. The van der Waals surface area contributed by atoms with Gasteiger partial charge < -0.3 is 9.38 Å². The molecule has 3 aliphatic rings. The molecule has 4 heteroatoms. The van der Waals surface area contributed by atoms with E-state index in [4.69, 9.17) is 0 Å². The molecule has 6 aromatic carbocycles. The predicted octanol–water partition coefficient (Wildman–Crippen LogP) is 14.6. The van der Waals surface area contributed by atoms with E-state index < -0.39 is 0 Å². The van der Waals surface area contributed by atoms with Gasteiger partial charge in [-0.3, -0.25) is 0 Å². The summed E-state index contributed by atoms with van der Waals surface area (Å²) in [5.41, 5.74) is 19.6. The van der Waals surface area contributed by atoms with Crippen LogP contribution in [0.5, 0.6) is 0 Å². The first-order valence-electron chi connectivity index (χ1n) is 22.3. The molecule has 0 fully saturated rings. The summed E-state index contributed by atoms with van der Waals surface area (Å²) in [6.07, 6.45) is 2.39. The van der Waals surface area contributed by atoms with Crippen LogP contribution in [-0.4, -0.2) is 11.4 Å². The topological polar surface area (TPSA) is 8.17 Å². The number of hydrogen-bond donors (Lipinski definition) is 0. The molecule has 0 bridgehead atoms. The lowest BCUT2D eigenvalue weighted by Gasteiger charge is -2.43.